The van der Waals surface area contributed by atoms with Gasteiger partial charge in [-0.05, 0) is 36.8 Å². The van der Waals surface area contributed by atoms with Gasteiger partial charge in [-0.2, -0.15) is 0 Å². The van der Waals surface area contributed by atoms with Gasteiger partial charge in [0, 0.05) is 5.33 Å². The minimum Gasteiger partial charge on any atom is -0.0928 e. The average molecular weight is 393 g/mol. The first-order valence-electron chi connectivity index (χ1n) is 9.50. The molecule has 24 heavy (non-hydrogen) atoms. The van der Waals surface area contributed by atoms with Gasteiger partial charge in [-0.25, -0.2) is 0 Å². The van der Waals surface area contributed by atoms with Gasteiger partial charge in [-0.3, -0.25) is 0 Å². The topological polar surface area (TPSA) is 0 Å². The summed E-state index contributed by atoms with van der Waals surface area (Å²) in [4.78, 5) is 0. The maximum Gasteiger partial charge on any atom is 0.00344 e. The predicted molar refractivity (Wildman–Crippen MR) is 116 cm³/mol. The average Bonchev–Trinajstić information content (AvgIpc) is 2.70. The van der Waals surface area contributed by atoms with E-state index in [4.69, 9.17) is 0 Å². The molecule has 0 aromatic heterocycles. The van der Waals surface area contributed by atoms with Crippen LogP contribution in [0.15, 0.2) is 60.7 Å². The lowest BCUT2D eigenvalue weighted by molar-refractivity contribution is 0.795. The Hall–Kier alpha value is -1.08. The molecule has 1 heteroatoms. The molecule has 0 saturated heterocycles. The molecular formula is C23H37Br. The second kappa shape index (κ2) is 21.9. The molecule has 0 radical (unpaired) electrons. The van der Waals surface area contributed by atoms with Gasteiger partial charge in [-0.15, -0.1) is 0 Å². The van der Waals surface area contributed by atoms with Crippen LogP contribution in [0, 0.1) is 0 Å². The Labute approximate surface area is 159 Å². The van der Waals surface area contributed by atoms with E-state index in [0.29, 0.717) is 0 Å². The predicted octanol–water partition coefficient (Wildman–Crippen LogP) is 8.10. The summed E-state index contributed by atoms with van der Waals surface area (Å²) in [5.41, 5.74) is 2.89. The van der Waals surface area contributed by atoms with Crippen LogP contribution in [0.25, 0.3) is 0 Å². The molecule has 0 fully saturated rings. The number of benzene rings is 2. The van der Waals surface area contributed by atoms with Crippen molar-refractivity contribution in [2.24, 2.45) is 0 Å². The highest BCUT2D eigenvalue weighted by atomic mass is 79.9. The van der Waals surface area contributed by atoms with Gasteiger partial charge >= 0.3 is 0 Å². The number of aryl methyl sites for hydroxylation is 2. The SMILES string of the molecule is BrCCCc1ccccc1.CC.CC.CCCCc1ccccc1. The Morgan fingerprint density at radius 1 is 0.625 bits per heavy atom. The normalized spacial score (nSPS) is 8.58. The molecule has 0 saturated carbocycles. The first-order chi connectivity index (χ1) is 11.9. The summed E-state index contributed by atoms with van der Waals surface area (Å²) in [6.45, 7) is 10.2. The number of halogens is 1. The molecule has 0 aliphatic carbocycles. The first kappa shape index (κ1) is 25.2. The molecule has 0 bridgehead atoms. The van der Waals surface area contributed by atoms with Crippen molar-refractivity contribution >= 4 is 15.9 Å². The molecule has 0 N–H and O–H groups in total. The first-order valence-corrected chi connectivity index (χ1v) is 10.6. The second-order valence-electron chi connectivity index (χ2n) is 4.87. The quantitative estimate of drug-likeness (QED) is 0.435. The van der Waals surface area contributed by atoms with E-state index in [0.717, 1.165) is 5.33 Å². The largest absolute Gasteiger partial charge is 0.0928 e. The van der Waals surface area contributed by atoms with Crippen molar-refractivity contribution in [1.82, 2.24) is 0 Å². The van der Waals surface area contributed by atoms with E-state index in [2.05, 4.69) is 83.5 Å². The van der Waals surface area contributed by atoms with E-state index in [1.54, 1.807) is 0 Å². The van der Waals surface area contributed by atoms with Gasteiger partial charge in [0.15, 0.2) is 0 Å². The fourth-order valence-electron chi connectivity index (χ4n) is 1.94. The molecule has 0 atom stereocenters. The molecule has 2 aromatic rings. The molecule has 136 valence electrons. The third kappa shape index (κ3) is 15.8. The van der Waals surface area contributed by atoms with E-state index in [9.17, 15) is 0 Å². The monoisotopic (exact) mass is 392 g/mol. The third-order valence-corrected chi connectivity index (χ3v) is 3.66. The summed E-state index contributed by atoms with van der Waals surface area (Å²) in [7, 11) is 0. The molecule has 0 spiro atoms. The summed E-state index contributed by atoms with van der Waals surface area (Å²) in [6, 6.07) is 21.2. The van der Waals surface area contributed by atoms with Crippen molar-refractivity contribution in [1.29, 1.82) is 0 Å². The van der Waals surface area contributed by atoms with E-state index in [-0.39, 0.29) is 0 Å². The Morgan fingerprint density at radius 3 is 1.33 bits per heavy atom. The minimum absolute atomic E-state index is 1.10. The van der Waals surface area contributed by atoms with E-state index in [1.165, 1.54) is 43.2 Å². The van der Waals surface area contributed by atoms with Crippen LogP contribution >= 0.6 is 15.9 Å². The Kier molecular flexibility index (Phi) is 23.0. The van der Waals surface area contributed by atoms with Gasteiger partial charge in [0.25, 0.3) is 0 Å². The molecule has 2 aromatic carbocycles. The molecule has 0 nitrogen and oxygen atoms in total. The Bertz CT molecular complexity index is 379. The smallest absolute Gasteiger partial charge is 0.00344 e. The van der Waals surface area contributed by atoms with Crippen LogP contribution < -0.4 is 0 Å². The van der Waals surface area contributed by atoms with Gasteiger partial charge in [0.05, 0.1) is 0 Å². The molecular weight excluding hydrogens is 356 g/mol. The summed E-state index contributed by atoms with van der Waals surface area (Å²) in [5, 5.41) is 1.10. The minimum atomic E-state index is 1.10. The summed E-state index contributed by atoms with van der Waals surface area (Å²) in [6.07, 6.45) is 6.24. The summed E-state index contributed by atoms with van der Waals surface area (Å²) < 4.78 is 0. The van der Waals surface area contributed by atoms with Gasteiger partial charge in [0.2, 0.25) is 0 Å². The van der Waals surface area contributed by atoms with Crippen molar-refractivity contribution < 1.29 is 0 Å². The fraction of sp³-hybridized carbons (Fsp3) is 0.478. The maximum absolute atomic E-state index is 3.41. The molecule has 0 aliphatic heterocycles. The van der Waals surface area contributed by atoms with E-state index >= 15 is 0 Å². The van der Waals surface area contributed by atoms with Crippen molar-refractivity contribution in [3.63, 3.8) is 0 Å². The number of rotatable bonds is 6. The van der Waals surface area contributed by atoms with Crippen LogP contribution in [0.2, 0.25) is 0 Å². The lowest BCUT2D eigenvalue weighted by Crippen LogP contribution is -1.83. The summed E-state index contributed by atoms with van der Waals surface area (Å²) in [5.74, 6) is 0. The van der Waals surface area contributed by atoms with Gasteiger partial charge in [0.1, 0.15) is 0 Å². The molecule has 2 rings (SSSR count). The fourth-order valence-corrected chi connectivity index (χ4v) is 2.22. The summed E-state index contributed by atoms with van der Waals surface area (Å²) >= 11 is 3.41. The van der Waals surface area contributed by atoms with Crippen molar-refractivity contribution in [2.45, 2.75) is 66.7 Å². The standard InChI is InChI=1S/C10H14.C9H11Br.2C2H6/c1-2-3-7-10-8-5-4-6-9-10;10-8-4-7-9-5-2-1-3-6-9;2*1-2/h4-6,8-9H,2-3,7H2,1H3;1-3,5-6H,4,7-8H2;2*1-2H3. The van der Waals surface area contributed by atoms with E-state index < -0.39 is 0 Å². The van der Waals surface area contributed by atoms with Crippen LogP contribution in [0.5, 0.6) is 0 Å². The lowest BCUT2D eigenvalue weighted by atomic mass is 10.1. The van der Waals surface area contributed by atoms with Crippen molar-refractivity contribution in [2.75, 3.05) is 5.33 Å². The van der Waals surface area contributed by atoms with Crippen LogP contribution in [0.4, 0.5) is 0 Å². The zero-order valence-electron chi connectivity index (χ0n) is 16.4. The van der Waals surface area contributed by atoms with Crippen LogP contribution in [-0.2, 0) is 12.8 Å². The Balaban J connectivity index is 0. The Morgan fingerprint density at radius 2 is 1.00 bits per heavy atom. The maximum atomic E-state index is 3.41. The third-order valence-electron chi connectivity index (χ3n) is 3.10. The molecule has 0 aliphatic rings. The highest BCUT2D eigenvalue weighted by Gasteiger charge is 1.88. The van der Waals surface area contributed by atoms with Crippen LogP contribution in [-0.4, -0.2) is 5.33 Å². The molecule has 0 unspecified atom stereocenters. The zero-order chi connectivity index (χ0) is 18.5. The van der Waals surface area contributed by atoms with E-state index in [1.807, 2.05) is 27.7 Å². The molecule has 0 heterocycles. The van der Waals surface area contributed by atoms with Crippen molar-refractivity contribution in [3.8, 4) is 0 Å². The number of hydrogen-bond acceptors (Lipinski definition) is 0. The molecule has 0 amide bonds. The van der Waals surface area contributed by atoms with Gasteiger partial charge < -0.3 is 0 Å². The van der Waals surface area contributed by atoms with Gasteiger partial charge in [-0.1, -0.05) is 118 Å². The van der Waals surface area contributed by atoms with Crippen LogP contribution in [0.3, 0.4) is 0 Å². The zero-order valence-corrected chi connectivity index (χ0v) is 18.0. The number of alkyl halides is 1. The van der Waals surface area contributed by atoms with Crippen LogP contribution in [0.1, 0.15) is 65.0 Å². The lowest BCUT2D eigenvalue weighted by Gasteiger charge is -1.96. The highest BCUT2D eigenvalue weighted by molar-refractivity contribution is 9.09. The number of unbranched alkanes of at least 4 members (excludes halogenated alkanes) is 1. The second-order valence-corrected chi connectivity index (χ2v) is 5.66. The highest BCUT2D eigenvalue weighted by Crippen LogP contribution is 2.03. The number of hydrogen-bond donors (Lipinski definition) is 0. The van der Waals surface area contributed by atoms with Crippen molar-refractivity contribution in [3.05, 3.63) is 71.8 Å².